The van der Waals surface area contributed by atoms with E-state index in [2.05, 4.69) is 15.5 Å². The molecule has 0 spiro atoms. The number of carbonyl (C=O) groups excluding carboxylic acids is 1. The highest BCUT2D eigenvalue weighted by Crippen LogP contribution is 2.25. The standard InChI is InChI=1S/C14H11N3O2S.ClH/c1-9-4-5-15-13(7-9)16-14(18)10-8-11(19-17-10)12-3-2-6-20-12;/h2-8H,1H3,(H,15,16,18);1H. The smallest absolute Gasteiger partial charge is 0.279 e. The van der Waals surface area contributed by atoms with Gasteiger partial charge < -0.3 is 9.84 Å². The number of rotatable bonds is 3. The van der Waals surface area contributed by atoms with Crippen molar-refractivity contribution in [3.63, 3.8) is 0 Å². The zero-order valence-corrected chi connectivity index (χ0v) is 12.7. The molecule has 0 radical (unpaired) electrons. The number of carbonyl (C=O) groups is 1. The number of aryl methyl sites for hydroxylation is 1. The van der Waals surface area contributed by atoms with E-state index in [1.165, 1.54) is 11.3 Å². The molecule has 0 aliphatic rings. The molecule has 0 fully saturated rings. The first kappa shape index (κ1) is 15.2. The van der Waals surface area contributed by atoms with Crippen LogP contribution in [0.3, 0.4) is 0 Å². The Kier molecular flexibility index (Phi) is 4.72. The van der Waals surface area contributed by atoms with Crippen LogP contribution >= 0.6 is 23.7 Å². The lowest BCUT2D eigenvalue weighted by molar-refractivity contribution is 0.101. The van der Waals surface area contributed by atoms with Crippen LogP contribution < -0.4 is 5.32 Å². The summed E-state index contributed by atoms with van der Waals surface area (Å²) in [5.41, 5.74) is 1.26. The van der Waals surface area contributed by atoms with Crippen LogP contribution in [0.2, 0.25) is 0 Å². The fourth-order valence-electron chi connectivity index (χ4n) is 1.70. The third-order valence-electron chi connectivity index (χ3n) is 2.66. The van der Waals surface area contributed by atoms with Crippen molar-refractivity contribution in [2.75, 3.05) is 5.32 Å². The number of thiophene rings is 1. The third kappa shape index (κ3) is 3.48. The molecule has 3 rings (SSSR count). The summed E-state index contributed by atoms with van der Waals surface area (Å²) in [6.07, 6.45) is 1.64. The zero-order chi connectivity index (χ0) is 13.9. The van der Waals surface area contributed by atoms with E-state index in [-0.39, 0.29) is 24.0 Å². The van der Waals surface area contributed by atoms with Crippen molar-refractivity contribution in [3.8, 4) is 10.6 Å². The lowest BCUT2D eigenvalue weighted by Crippen LogP contribution is -2.13. The second-order valence-corrected chi connectivity index (χ2v) is 5.17. The summed E-state index contributed by atoms with van der Waals surface area (Å²) < 4.78 is 5.17. The number of anilines is 1. The van der Waals surface area contributed by atoms with Gasteiger partial charge in [-0.15, -0.1) is 23.7 Å². The van der Waals surface area contributed by atoms with Crippen molar-refractivity contribution in [1.29, 1.82) is 0 Å². The van der Waals surface area contributed by atoms with Crippen LogP contribution in [0, 0.1) is 6.92 Å². The Morgan fingerprint density at radius 3 is 2.90 bits per heavy atom. The molecular formula is C14H12ClN3O2S. The zero-order valence-electron chi connectivity index (χ0n) is 11.1. The Labute approximate surface area is 131 Å². The monoisotopic (exact) mass is 321 g/mol. The normalized spacial score (nSPS) is 9.95. The summed E-state index contributed by atoms with van der Waals surface area (Å²) in [5.74, 6) is 0.743. The highest BCUT2D eigenvalue weighted by Gasteiger charge is 2.14. The van der Waals surface area contributed by atoms with Gasteiger partial charge in [0.2, 0.25) is 0 Å². The number of pyridine rings is 1. The molecule has 3 heterocycles. The van der Waals surface area contributed by atoms with E-state index in [4.69, 9.17) is 4.52 Å². The van der Waals surface area contributed by atoms with Crippen LogP contribution in [0.4, 0.5) is 5.82 Å². The molecule has 3 aromatic heterocycles. The van der Waals surface area contributed by atoms with E-state index < -0.39 is 0 Å². The first-order chi connectivity index (χ1) is 9.72. The summed E-state index contributed by atoms with van der Waals surface area (Å²) in [6, 6.07) is 9.10. The first-order valence-electron chi connectivity index (χ1n) is 5.97. The molecule has 108 valence electrons. The van der Waals surface area contributed by atoms with Gasteiger partial charge in [0, 0.05) is 12.3 Å². The van der Waals surface area contributed by atoms with Crippen LogP contribution in [-0.2, 0) is 0 Å². The van der Waals surface area contributed by atoms with Crippen molar-refractivity contribution >= 4 is 35.5 Å². The number of hydrogen-bond acceptors (Lipinski definition) is 5. The van der Waals surface area contributed by atoms with Gasteiger partial charge in [-0.3, -0.25) is 4.79 Å². The van der Waals surface area contributed by atoms with Crippen LogP contribution in [0.25, 0.3) is 10.6 Å². The Morgan fingerprint density at radius 2 is 2.19 bits per heavy atom. The van der Waals surface area contributed by atoms with Crippen LogP contribution in [0.1, 0.15) is 16.1 Å². The first-order valence-corrected chi connectivity index (χ1v) is 6.85. The van der Waals surface area contributed by atoms with Crippen LogP contribution in [0.15, 0.2) is 46.4 Å². The van der Waals surface area contributed by atoms with Gasteiger partial charge in [0.15, 0.2) is 11.5 Å². The van der Waals surface area contributed by atoms with Crippen LogP contribution in [0.5, 0.6) is 0 Å². The maximum Gasteiger partial charge on any atom is 0.279 e. The van der Waals surface area contributed by atoms with Gasteiger partial charge in [-0.2, -0.15) is 0 Å². The highest BCUT2D eigenvalue weighted by atomic mass is 35.5. The van der Waals surface area contributed by atoms with Crippen molar-refractivity contribution in [3.05, 3.63) is 53.2 Å². The predicted octanol–water partition coefficient (Wildman–Crippen LogP) is 3.78. The third-order valence-corrected chi connectivity index (χ3v) is 3.55. The van der Waals surface area contributed by atoms with E-state index >= 15 is 0 Å². The highest BCUT2D eigenvalue weighted by molar-refractivity contribution is 7.13. The topological polar surface area (TPSA) is 68.0 Å². The van der Waals surface area contributed by atoms with E-state index in [1.807, 2.05) is 30.5 Å². The van der Waals surface area contributed by atoms with E-state index in [0.717, 1.165) is 10.4 Å². The van der Waals surface area contributed by atoms with Gasteiger partial charge >= 0.3 is 0 Å². The van der Waals surface area contributed by atoms with E-state index in [9.17, 15) is 4.79 Å². The molecule has 0 atom stereocenters. The maximum atomic E-state index is 12.0. The van der Waals surface area contributed by atoms with Crippen LogP contribution in [-0.4, -0.2) is 16.0 Å². The number of nitrogens with one attached hydrogen (secondary N) is 1. The summed E-state index contributed by atoms with van der Waals surface area (Å²) in [4.78, 5) is 17.0. The molecule has 0 saturated heterocycles. The molecule has 0 unspecified atom stereocenters. The minimum atomic E-state index is -0.338. The van der Waals surface area contributed by atoms with Gasteiger partial charge in [0.05, 0.1) is 4.88 Å². The molecule has 0 aliphatic carbocycles. The van der Waals surface area contributed by atoms with Gasteiger partial charge in [-0.1, -0.05) is 11.2 Å². The largest absolute Gasteiger partial charge is 0.355 e. The summed E-state index contributed by atoms with van der Waals surface area (Å²) in [5, 5.41) is 8.41. The lowest BCUT2D eigenvalue weighted by atomic mass is 10.3. The van der Waals surface area contributed by atoms with E-state index in [0.29, 0.717) is 11.6 Å². The summed E-state index contributed by atoms with van der Waals surface area (Å²) in [7, 11) is 0. The van der Waals surface area contributed by atoms with Gasteiger partial charge in [-0.05, 0) is 36.1 Å². The second-order valence-electron chi connectivity index (χ2n) is 4.23. The SMILES string of the molecule is Cc1ccnc(NC(=O)c2cc(-c3cccs3)on2)c1.Cl. The molecule has 3 aromatic rings. The van der Waals surface area contributed by atoms with Gasteiger partial charge in [0.1, 0.15) is 5.82 Å². The van der Waals surface area contributed by atoms with Gasteiger partial charge in [-0.25, -0.2) is 4.98 Å². The minimum absolute atomic E-state index is 0. The van der Waals surface area contributed by atoms with Crippen molar-refractivity contribution in [1.82, 2.24) is 10.1 Å². The Bertz CT molecular complexity index is 740. The number of halogens is 1. The van der Waals surface area contributed by atoms with Crippen molar-refractivity contribution in [2.45, 2.75) is 6.92 Å². The summed E-state index contributed by atoms with van der Waals surface area (Å²) >= 11 is 1.53. The predicted molar refractivity (Wildman–Crippen MR) is 84.0 cm³/mol. The molecule has 0 bridgehead atoms. The lowest BCUT2D eigenvalue weighted by Gasteiger charge is -2.01. The molecule has 0 saturated carbocycles. The Balaban J connectivity index is 0.00000161. The maximum absolute atomic E-state index is 12.0. The average Bonchev–Trinajstić information content (AvgIpc) is 3.10. The Morgan fingerprint density at radius 1 is 1.33 bits per heavy atom. The molecule has 0 aliphatic heterocycles. The summed E-state index contributed by atoms with van der Waals surface area (Å²) in [6.45, 7) is 1.93. The van der Waals surface area contributed by atoms with Crippen molar-refractivity contribution < 1.29 is 9.32 Å². The average molecular weight is 322 g/mol. The Hall–Kier alpha value is -2.18. The number of aromatic nitrogens is 2. The molecule has 21 heavy (non-hydrogen) atoms. The number of nitrogens with zero attached hydrogens (tertiary/aromatic N) is 2. The molecule has 5 nitrogen and oxygen atoms in total. The fraction of sp³-hybridized carbons (Fsp3) is 0.0714. The second kappa shape index (κ2) is 6.51. The van der Waals surface area contributed by atoms with Crippen molar-refractivity contribution in [2.24, 2.45) is 0 Å². The number of hydrogen-bond donors (Lipinski definition) is 1. The molecular weight excluding hydrogens is 310 g/mol. The molecule has 1 N–H and O–H groups in total. The number of amides is 1. The quantitative estimate of drug-likeness (QED) is 0.797. The molecule has 0 aromatic carbocycles. The molecule has 7 heteroatoms. The van der Waals surface area contributed by atoms with Gasteiger partial charge in [0.25, 0.3) is 5.91 Å². The fourth-order valence-corrected chi connectivity index (χ4v) is 2.38. The minimum Gasteiger partial charge on any atom is -0.355 e. The van der Waals surface area contributed by atoms with E-state index in [1.54, 1.807) is 18.3 Å². The molecule has 1 amide bonds.